The van der Waals surface area contributed by atoms with E-state index in [-0.39, 0.29) is 5.98 Å². The van der Waals surface area contributed by atoms with Crippen LogP contribution in [0.4, 0.5) is 12.9 Å². The van der Waals surface area contributed by atoms with Gasteiger partial charge in [-0.25, -0.2) is 0 Å². The summed E-state index contributed by atoms with van der Waals surface area (Å²) in [5, 5.41) is 0.296. The third kappa shape index (κ3) is 3.76. The molecule has 0 nitrogen and oxygen atoms in total. The first-order chi connectivity index (χ1) is 6.38. The number of benzene rings is 1. The van der Waals surface area contributed by atoms with E-state index in [2.05, 4.69) is 15.9 Å². The van der Waals surface area contributed by atoms with Gasteiger partial charge in [-0.15, -0.1) is 5.98 Å². The van der Waals surface area contributed by atoms with Crippen molar-refractivity contribution in [2.75, 3.05) is 0 Å². The Morgan fingerprint density at radius 2 is 1.93 bits per heavy atom. The molecule has 1 aromatic rings. The fourth-order valence-electron chi connectivity index (χ4n) is 0.855. The largest absolute Gasteiger partial charge is 0.502 e. The fraction of sp³-hybridized carbons (Fsp3) is 0. The predicted octanol–water partition coefficient (Wildman–Crippen LogP) is 4.50. The SMILES string of the molecule is F[B-](F)(F)/C=C/c1cc(Br)ccc1Cl. The minimum absolute atomic E-state index is 0.216. The van der Waals surface area contributed by atoms with Gasteiger partial charge in [0, 0.05) is 9.50 Å². The van der Waals surface area contributed by atoms with Crippen LogP contribution in [0, 0.1) is 0 Å². The summed E-state index contributed by atoms with van der Waals surface area (Å²) in [4.78, 5) is 0. The molecule has 0 heterocycles. The Labute approximate surface area is 92.9 Å². The topological polar surface area (TPSA) is 0 Å². The molecular weight excluding hydrogens is 279 g/mol. The minimum Gasteiger partial charge on any atom is -0.445 e. The zero-order valence-electron chi connectivity index (χ0n) is 6.85. The van der Waals surface area contributed by atoms with Crippen molar-refractivity contribution in [2.24, 2.45) is 0 Å². The van der Waals surface area contributed by atoms with Crippen LogP contribution in [0.15, 0.2) is 28.6 Å². The van der Waals surface area contributed by atoms with Crippen LogP contribution in [0.1, 0.15) is 5.56 Å². The van der Waals surface area contributed by atoms with Gasteiger partial charge >= 0.3 is 6.98 Å². The molecule has 76 valence electrons. The van der Waals surface area contributed by atoms with E-state index in [1.807, 2.05) is 0 Å². The lowest BCUT2D eigenvalue weighted by Crippen LogP contribution is -2.09. The maximum Gasteiger partial charge on any atom is 0.502 e. The fourth-order valence-corrected chi connectivity index (χ4v) is 1.41. The minimum atomic E-state index is -4.91. The van der Waals surface area contributed by atoms with Crippen molar-refractivity contribution in [1.29, 1.82) is 0 Å². The van der Waals surface area contributed by atoms with Gasteiger partial charge < -0.3 is 12.9 Å². The van der Waals surface area contributed by atoms with Gasteiger partial charge in [-0.1, -0.05) is 33.6 Å². The summed E-state index contributed by atoms with van der Waals surface area (Å²) in [5.41, 5.74) is 0.347. The highest BCUT2D eigenvalue weighted by Crippen LogP contribution is 2.23. The molecule has 0 aliphatic rings. The molecule has 0 amide bonds. The molecule has 0 saturated carbocycles. The Bertz CT molecular complexity index is 362. The van der Waals surface area contributed by atoms with Gasteiger partial charge in [-0.05, 0) is 23.8 Å². The predicted molar refractivity (Wildman–Crippen MR) is 57.3 cm³/mol. The van der Waals surface area contributed by atoms with E-state index in [9.17, 15) is 12.9 Å². The lowest BCUT2D eigenvalue weighted by molar-refractivity contribution is 0.499. The van der Waals surface area contributed by atoms with Crippen LogP contribution in [0.25, 0.3) is 6.08 Å². The van der Waals surface area contributed by atoms with Gasteiger partial charge in [-0.3, -0.25) is 0 Å². The van der Waals surface area contributed by atoms with Crippen molar-refractivity contribution < 1.29 is 12.9 Å². The summed E-state index contributed by atoms with van der Waals surface area (Å²) in [7, 11) is 0. The molecule has 0 fully saturated rings. The molecule has 0 unspecified atom stereocenters. The second-order valence-corrected chi connectivity index (χ2v) is 3.97. The van der Waals surface area contributed by atoms with Crippen LogP contribution in [-0.2, 0) is 0 Å². The highest BCUT2D eigenvalue weighted by atomic mass is 79.9. The average molecular weight is 284 g/mol. The van der Waals surface area contributed by atoms with Crippen molar-refractivity contribution in [3.63, 3.8) is 0 Å². The molecule has 0 aliphatic heterocycles. The normalized spacial score (nSPS) is 12.4. The third-order valence-electron chi connectivity index (χ3n) is 1.45. The molecule has 0 radical (unpaired) electrons. The van der Waals surface area contributed by atoms with Crippen molar-refractivity contribution in [1.82, 2.24) is 0 Å². The summed E-state index contributed by atoms with van der Waals surface area (Å²) >= 11 is 8.84. The summed E-state index contributed by atoms with van der Waals surface area (Å²) in [6.45, 7) is -4.91. The first-order valence-electron chi connectivity index (χ1n) is 3.73. The Kier molecular flexibility index (Phi) is 3.67. The molecule has 0 atom stereocenters. The molecule has 0 aliphatic carbocycles. The second kappa shape index (κ2) is 4.40. The van der Waals surface area contributed by atoms with Crippen LogP contribution >= 0.6 is 27.5 Å². The van der Waals surface area contributed by atoms with Gasteiger partial charge in [0.2, 0.25) is 0 Å². The van der Waals surface area contributed by atoms with Gasteiger partial charge in [-0.2, -0.15) is 0 Å². The van der Waals surface area contributed by atoms with Crippen molar-refractivity contribution >= 4 is 40.6 Å². The van der Waals surface area contributed by atoms with Crippen LogP contribution < -0.4 is 0 Å². The van der Waals surface area contributed by atoms with Crippen LogP contribution in [0.3, 0.4) is 0 Å². The average Bonchev–Trinajstić information content (AvgIpc) is 2.05. The van der Waals surface area contributed by atoms with E-state index in [1.54, 1.807) is 6.07 Å². The Hall–Kier alpha value is -0.415. The van der Waals surface area contributed by atoms with Crippen molar-refractivity contribution in [2.45, 2.75) is 0 Å². The van der Waals surface area contributed by atoms with Gasteiger partial charge in [0.1, 0.15) is 0 Å². The smallest absolute Gasteiger partial charge is 0.445 e. The quantitative estimate of drug-likeness (QED) is 0.701. The van der Waals surface area contributed by atoms with E-state index >= 15 is 0 Å². The summed E-state index contributed by atoms with van der Waals surface area (Å²) in [6.07, 6.45) is 0.965. The Morgan fingerprint density at radius 1 is 1.29 bits per heavy atom. The highest BCUT2D eigenvalue weighted by molar-refractivity contribution is 9.10. The molecule has 1 aromatic carbocycles. The number of rotatable bonds is 2. The number of hydrogen-bond donors (Lipinski definition) is 0. The summed E-state index contributed by atoms with van der Waals surface area (Å²) < 4.78 is 36.4. The van der Waals surface area contributed by atoms with Crippen LogP contribution in [-0.4, -0.2) is 6.98 Å². The molecule has 0 bridgehead atoms. The third-order valence-corrected chi connectivity index (χ3v) is 2.29. The molecule has 0 saturated heterocycles. The molecule has 0 spiro atoms. The number of halogens is 5. The molecular formula is C8H5BBrClF3-. The van der Waals surface area contributed by atoms with E-state index in [4.69, 9.17) is 11.6 Å². The first kappa shape index (κ1) is 11.7. The molecule has 1 rings (SSSR count). The van der Waals surface area contributed by atoms with Crippen LogP contribution in [0.2, 0.25) is 5.02 Å². The second-order valence-electron chi connectivity index (χ2n) is 2.65. The van der Waals surface area contributed by atoms with Gasteiger partial charge in [0.15, 0.2) is 0 Å². The summed E-state index contributed by atoms with van der Waals surface area (Å²) in [5.74, 6) is 0.216. The van der Waals surface area contributed by atoms with E-state index in [1.165, 1.54) is 12.1 Å². The van der Waals surface area contributed by atoms with Gasteiger partial charge in [0.05, 0.1) is 0 Å². The Balaban J connectivity index is 2.97. The maximum atomic E-state index is 11.9. The lowest BCUT2D eigenvalue weighted by Gasteiger charge is -2.07. The summed E-state index contributed by atoms with van der Waals surface area (Å²) in [6, 6.07) is 4.73. The monoisotopic (exact) mass is 283 g/mol. The molecule has 14 heavy (non-hydrogen) atoms. The zero-order valence-corrected chi connectivity index (χ0v) is 9.20. The molecule has 6 heteroatoms. The zero-order chi connectivity index (χ0) is 10.8. The maximum absolute atomic E-state index is 11.9. The van der Waals surface area contributed by atoms with Gasteiger partial charge in [0.25, 0.3) is 0 Å². The van der Waals surface area contributed by atoms with E-state index < -0.39 is 6.98 Å². The van der Waals surface area contributed by atoms with E-state index in [0.29, 0.717) is 15.1 Å². The highest BCUT2D eigenvalue weighted by Gasteiger charge is 2.17. The van der Waals surface area contributed by atoms with E-state index in [0.717, 1.165) is 6.08 Å². The molecule has 0 N–H and O–H groups in total. The lowest BCUT2D eigenvalue weighted by atomic mass is 9.91. The number of hydrogen-bond acceptors (Lipinski definition) is 0. The molecule has 0 aromatic heterocycles. The Morgan fingerprint density at radius 3 is 2.50 bits per heavy atom. The first-order valence-corrected chi connectivity index (χ1v) is 4.90. The van der Waals surface area contributed by atoms with Crippen molar-refractivity contribution in [3.8, 4) is 0 Å². The standard InChI is InChI=1S/C8H5BBrClF3/c10-7-1-2-8(11)6(5-7)3-4-9(12,13)14/h1-5H/q-1/b4-3+. The van der Waals surface area contributed by atoms with Crippen LogP contribution in [0.5, 0.6) is 0 Å². The van der Waals surface area contributed by atoms with Crippen molar-refractivity contribution in [3.05, 3.63) is 39.2 Å².